The number of aryl methyl sites for hydroxylation is 1. The zero-order valence-electron chi connectivity index (χ0n) is 18.9. The summed E-state index contributed by atoms with van der Waals surface area (Å²) in [6.45, 7) is 1.26. The second kappa shape index (κ2) is 9.78. The molecule has 0 aromatic carbocycles. The van der Waals surface area contributed by atoms with Gasteiger partial charge >= 0.3 is 12.1 Å². The van der Waals surface area contributed by atoms with Crippen LogP contribution in [0.5, 0.6) is 0 Å². The van der Waals surface area contributed by atoms with E-state index < -0.39 is 52.6 Å². The highest BCUT2D eigenvalue weighted by molar-refractivity contribution is 8.01. The summed E-state index contributed by atoms with van der Waals surface area (Å²) in [6.07, 6.45) is -3.48. The van der Waals surface area contributed by atoms with Gasteiger partial charge in [0.05, 0.1) is 10.7 Å². The van der Waals surface area contributed by atoms with Gasteiger partial charge in [0.15, 0.2) is 10.0 Å². The van der Waals surface area contributed by atoms with Crippen LogP contribution in [0.15, 0.2) is 15.6 Å². The zero-order chi connectivity index (χ0) is 26.6. The number of β-lactam (4-membered cyclic amide) rings is 1. The first-order valence-electron chi connectivity index (χ1n) is 10.9. The molecular weight excluding hydrogens is 577 g/mol. The van der Waals surface area contributed by atoms with Crippen LogP contribution in [0.2, 0.25) is 5.02 Å². The molecule has 4 heterocycles. The number of thioether (sulfide) groups is 2. The minimum Gasteiger partial charge on any atom is -0.477 e. The Hall–Kier alpha value is -2.30. The predicted molar refractivity (Wildman–Crippen MR) is 129 cm³/mol. The maximum Gasteiger partial charge on any atom is 0.436 e. The third-order valence-electron chi connectivity index (χ3n) is 5.90. The van der Waals surface area contributed by atoms with Gasteiger partial charge in [0, 0.05) is 17.4 Å². The molecule has 3 aliphatic rings. The van der Waals surface area contributed by atoms with Crippen molar-refractivity contribution < 1.29 is 32.7 Å². The second-order valence-corrected chi connectivity index (χ2v) is 12.5. The van der Waals surface area contributed by atoms with Crippen molar-refractivity contribution in [3.8, 4) is 0 Å². The average Bonchev–Trinajstić information content (AvgIpc) is 3.48. The Morgan fingerprint density at radius 1 is 1.30 bits per heavy atom. The van der Waals surface area contributed by atoms with Crippen LogP contribution in [0.25, 0.3) is 0 Å². The third kappa shape index (κ3) is 5.07. The monoisotopic (exact) mass is 594 g/mol. The molecule has 2 aromatic heterocycles. The summed E-state index contributed by atoms with van der Waals surface area (Å²) >= 11 is 9.95. The number of halogens is 4. The Bertz CT molecular complexity index is 1320. The highest BCUT2D eigenvalue weighted by atomic mass is 35.5. The van der Waals surface area contributed by atoms with Crippen molar-refractivity contribution in [2.75, 3.05) is 11.5 Å². The number of rotatable bonds is 8. The molecule has 0 unspecified atom stereocenters. The van der Waals surface area contributed by atoms with Crippen molar-refractivity contribution >= 4 is 64.2 Å². The molecule has 0 spiro atoms. The molecule has 2 atom stereocenters. The van der Waals surface area contributed by atoms with Gasteiger partial charge in [-0.05, 0) is 25.3 Å². The Morgan fingerprint density at radius 3 is 2.62 bits per heavy atom. The number of fused-ring (bicyclic) bond motifs is 1. The molecule has 1 aliphatic carbocycles. The van der Waals surface area contributed by atoms with Crippen molar-refractivity contribution in [1.82, 2.24) is 30.2 Å². The number of amides is 2. The van der Waals surface area contributed by atoms with Gasteiger partial charge in [-0.15, -0.1) is 22.0 Å². The highest BCUT2D eigenvalue weighted by Gasteiger charge is 2.54. The summed E-state index contributed by atoms with van der Waals surface area (Å²) in [5, 5.41) is 23.4. The summed E-state index contributed by atoms with van der Waals surface area (Å²) in [6, 6.07) is -1.01. The molecule has 2 amide bonds. The molecule has 2 aromatic rings. The summed E-state index contributed by atoms with van der Waals surface area (Å²) in [7, 11) is 0. The number of carboxylic acid groups (broad SMARTS) is 1. The number of aliphatic carboxylic acids is 1. The SMILES string of the molecule is Cc1nnc(SCC2=C(C(=O)O)N3C(=O)[C@@H](NC(=O)Cn4nc(C(F)(F)F)c(Cl)c4C4CC4)[C@@H]3SC2)s1. The van der Waals surface area contributed by atoms with Gasteiger partial charge in [-0.25, -0.2) is 4.79 Å². The number of nitrogens with one attached hydrogen (secondary N) is 1. The summed E-state index contributed by atoms with van der Waals surface area (Å²) < 4.78 is 41.5. The number of carbonyl (C=O) groups is 3. The van der Waals surface area contributed by atoms with Crippen LogP contribution < -0.4 is 5.32 Å². The van der Waals surface area contributed by atoms with Gasteiger partial charge in [-0.1, -0.05) is 34.7 Å². The lowest BCUT2D eigenvalue weighted by atomic mass is 10.0. The fourth-order valence-electron chi connectivity index (χ4n) is 4.14. The van der Waals surface area contributed by atoms with Crippen molar-refractivity contribution in [3.05, 3.63) is 32.7 Å². The van der Waals surface area contributed by atoms with Crippen molar-refractivity contribution in [2.45, 2.75) is 54.2 Å². The van der Waals surface area contributed by atoms with E-state index >= 15 is 0 Å². The van der Waals surface area contributed by atoms with Gasteiger partial charge in [0.25, 0.3) is 5.91 Å². The largest absolute Gasteiger partial charge is 0.477 e. The number of nitrogens with zero attached hydrogens (tertiary/aromatic N) is 5. The van der Waals surface area contributed by atoms with Crippen molar-refractivity contribution in [1.29, 1.82) is 0 Å². The molecular formula is C20H18ClF3N6O4S3. The van der Waals surface area contributed by atoms with Crippen LogP contribution in [-0.2, 0) is 27.1 Å². The maximum atomic E-state index is 13.3. The fraction of sp³-hybridized carbons (Fsp3) is 0.500. The van der Waals surface area contributed by atoms with Crippen LogP contribution in [0, 0.1) is 6.92 Å². The van der Waals surface area contributed by atoms with E-state index in [0.29, 0.717) is 34.3 Å². The number of hydrogen-bond donors (Lipinski definition) is 2. The number of carbonyl (C=O) groups excluding carboxylic acids is 2. The summed E-state index contributed by atoms with van der Waals surface area (Å²) in [4.78, 5) is 38.8. The molecule has 198 valence electrons. The Kier molecular flexibility index (Phi) is 6.96. The van der Waals surface area contributed by atoms with Crippen LogP contribution in [-0.4, -0.2) is 70.7 Å². The van der Waals surface area contributed by atoms with Crippen LogP contribution in [0.1, 0.15) is 35.2 Å². The van der Waals surface area contributed by atoms with E-state index in [9.17, 15) is 32.7 Å². The Labute approximate surface area is 225 Å². The van der Waals surface area contributed by atoms with Crippen LogP contribution in [0.4, 0.5) is 13.2 Å². The minimum atomic E-state index is -4.77. The molecule has 0 radical (unpaired) electrons. The van der Waals surface area contributed by atoms with Crippen molar-refractivity contribution in [3.63, 3.8) is 0 Å². The number of alkyl halides is 3. The third-order valence-corrected chi connectivity index (χ3v) is 9.67. The van der Waals surface area contributed by atoms with E-state index in [1.807, 2.05) is 0 Å². The normalized spacial score (nSPS) is 21.6. The zero-order valence-corrected chi connectivity index (χ0v) is 22.1. The molecule has 10 nitrogen and oxygen atoms in total. The van der Waals surface area contributed by atoms with E-state index in [1.165, 1.54) is 34.9 Å². The minimum absolute atomic E-state index is 0.127. The van der Waals surface area contributed by atoms with Gasteiger partial charge < -0.3 is 10.4 Å². The molecule has 1 saturated carbocycles. The average molecular weight is 595 g/mol. The lowest BCUT2D eigenvalue weighted by Crippen LogP contribution is -2.70. The van der Waals surface area contributed by atoms with Crippen LogP contribution in [0.3, 0.4) is 0 Å². The van der Waals surface area contributed by atoms with E-state index in [1.54, 1.807) is 6.92 Å². The predicted octanol–water partition coefficient (Wildman–Crippen LogP) is 3.12. The first kappa shape index (κ1) is 26.3. The fourth-order valence-corrected chi connectivity index (χ4v) is 7.83. The number of hydrogen-bond acceptors (Lipinski definition) is 9. The quantitative estimate of drug-likeness (QED) is 0.350. The molecule has 37 heavy (non-hydrogen) atoms. The van der Waals surface area contributed by atoms with Crippen LogP contribution >= 0.6 is 46.5 Å². The van der Waals surface area contributed by atoms with Crippen molar-refractivity contribution in [2.24, 2.45) is 0 Å². The highest BCUT2D eigenvalue weighted by Crippen LogP contribution is 2.47. The van der Waals surface area contributed by atoms with Gasteiger partial charge in [-0.2, -0.15) is 18.3 Å². The van der Waals surface area contributed by atoms with E-state index in [-0.39, 0.29) is 17.3 Å². The van der Waals surface area contributed by atoms with Gasteiger partial charge in [0.2, 0.25) is 5.91 Å². The standard InChI is InChI=1S/C20H18ClF3N6O4S3/c1-7-26-27-19(37-7)36-6-9-5-35-17-12(16(32)30(17)14(9)18(33)34)25-10(31)4-29-13(8-2-3-8)11(21)15(28-29)20(22,23)24/h8,12,17H,2-6H2,1H3,(H,25,31)(H,33,34)/t12-,17+/m1/s1. The van der Waals surface area contributed by atoms with Gasteiger partial charge in [-0.3, -0.25) is 19.2 Å². The molecule has 5 rings (SSSR count). The second-order valence-electron chi connectivity index (χ2n) is 8.57. The molecule has 2 aliphatic heterocycles. The smallest absolute Gasteiger partial charge is 0.436 e. The first-order chi connectivity index (χ1) is 17.5. The Morgan fingerprint density at radius 2 is 2.03 bits per heavy atom. The summed E-state index contributed by atoms with van der Waals surface area (Å²) in [5.74, 6) is -2.16. The number of aromatic nitrogens is 4. The molecule has 2 fully saturated rings. The Balaban J connectivity index is 1.28. The number of carboxylic acids is 1. The molecule has 0 bridgehead atoms. The van der Waals surface area contributed by atoms with E-state index in [4.69, 9.17) is 11.6 Å². The molecule has 1 saturated heterocycles. The first-order valence-corrected chi connectivity index (χ1v) is 14.1. The van der Waals surface area contributed by atoms with E-state index in [0.717, 1.165) is 14.6 Å². The van der Waals surface area contributed by atoms with Gasteiger partial charge in [0.1, 0.15) is 28.7 Å². The maximum absolute atomic E-state index is 13.3. The molecule has 2 N–H and O–H groups in total. The lowest BCUT2D eigenvalue weighted by Gasteiger charge is -2.49. The lowest BCUT2D eigenvalue weighted by molar-refractivity contribution is -0.150. The summed E-state index contributed by atoms with van der Waals surface area (Å²) in [5.41, 5.74) is -0.674. The topological polar surface area (TPSA) is 130 Å². The van der Waals surface area contributed by atoms with E-state index in [2.05, 4.69) is 20.6 Å². The molecule has 17 heteroatoms.